The van der Waals surface area contributed by atoms with Crippen molar-refractivity contribution in [3.05, 3.63) is 29.8 Å². The molecule has 1 aliphatic carbocycles. The van der Waals surface area contributed by atoms with Crippen molar-refractivity contribution in [2.24, 2.45) is 11.8 Å². The summed E-state index contributed by atoms with van der Waals surface area (Å²) in [5.41, 5.74) is 1.53. The van der Waals surface area contributed by atoms with Gasteiger partial charge in [0.05, 0.1) is 21.0 Å². The largest absolute Gasteiger partial charge is 0.550 e. The smallest absolute Gasteiger partial charge is 0.230 e. The van der Waals surface area contributed by atoms with Gasteiger partial charge in [-0.2, -0.15) is 0 Å². The Hall–Kier alpha value is -2.26. The van der Waals surface area contributed by atoms with Gasteiger partial charge >= 0.3 is 0 Å². The number of fused-ring (bicyclic) bond motifs is 1. The van der Waals surface area contributed by atoms with Gasteiger partial charge in [-0.15, -0.1) is 0 Å². The zero-order chi connectivity index (χ0) is 19.1. The molecule has 9 heteroatoms. The molecular weight excluding hydrogens is 376 g/mol. The predicted molar refractivity (Wildman–Crippen MR) is 96.3 cm³/mol. The number of carboxylic acid groups (broad SMARTS) is 1. The highest BCUT2D eigenvalue weighted by molar-refractivity contribution is 7.90. The van der Waals surface area contributed by atoms with Gasteiger partial charge < -0.3 is 15.2 Å². The van der Waals surface area contributed by atoms with Crippen LogP contribution in [0, 0.1) is 11.8 Å². The fourth-order valence-electron chi connectivity index (χ4n) is 2.99. The van der Waals surface area contributed by atoms with Gasteiger partial charge in [0.25, 0.3) is 0 Å². The molecule has 1 N–H and O–H groups in total. The molecule has 26 heavy (non-hydrogen) atoms. The summed E-state index contributed by atoms with van der Waals surface area (Å²) in [6.07, 6.45) is 3.56. The third-order valence-corrected chi connectivity index (χ3v) is 6.45. The van der Waals surface area contributed by atoms with Crippen LogP contribution in [0.2, 0.25) is 0 Å². The number of hydrogen-bond acceptors (Lipinski definition) is 7. The maximum Gasteiger partial charge on any atom is 0.230 e. The number of aromatic nitrogens is 1. The number of hydrogen-bond donors (Lipinski definition) is 1. The van der Waals surface area contributed by atoms with Crippen LogP contribution in [0.25, 0.3) is 10.2 Å². The Balaban J connectivity index is 1.85. The molecule has 0 fully saturated rings. The first kappa shape index (κ1) is 18.5. The summed E-state index contributed by atoms with van der Waals surface area (Å²) >= 11 is 1.15. The summed E-state index contributed by atoms with van der Waals surface area (Å²) in [7, 11) is -3.34. The number of benzene rings is 1. The van der Waals surface area contributed by atoms with E-state index >= 15 is 0 Å². The summed E-state index contributed by atoms with van der Waals surface area (Å²) in [5.74, 6) is -3.25. The molecule has 2 aromatic rings. The second-order valence-electron chi connectivity index (χ2n) is 6.43. The van der Waals surface area contributed by atoms with Gasteiger partial charge in [0.2, 0.25) is 5.91 Å². The molecule has 2 atom stereocenters. The molecule has 1 aromatic carbocycles. The Kier molecular flexibility index (Phi) is 4.85. The van der Waals surface area contributed by atoms with E-state index in [4.69, 9.17) is 0 Å². The van der Waals surface area contributed by atoms with Crippen LogP contribution in [-0.4, -0.2) is 31.5 Å². The number of nitrogens with zero attached hydrogens (tertiary/aromatic N) is 1. The fourth-order valence-corrected chi connectivity index (χ4v) is 4.62. The first-order valence-electron chi connectivity index (χ1n) is 7.93. The van der Waals surface area contributed by atoms with E-state index in [1.54, 1.807) is 6.07 Å². The molecular formula is C17H17N2O5S2-. The summed E-state index contributed by atoms with van der Waals surface area (Å²) in [4.78, 5) is 28.3. The van der Waals surface area contributed by atoms with E-state index in [1.807, 2.05) is 13.0 Å². The molecule has 0 saturated heterocycles. The third kappa shape index (κ3) is 3.78. The number of nitrogens with one attached hydrogen (secondary N) is 1. The number of carbonyl (C=O) groups is 2. The van der Waals surface area contributed by atoms with E-state index in [0.29, 0.717) is 21.8 Å². The molecule has 3 rings (SSSR count). The van der Waals surface area contributed by atoms with Crippen molar-refractivity contribution in [3.63, 3.8) is 0 Å². The molecule has 1 heterocycles. The first-order valence-corrected chi connectivity index (χ1v) is 10.6. The van der Waals surface area contributed by atoms with Gasteiger partial charge in [0, 0.05) is 18.1 Å². The Bertz CT molecular complexity index is 1020. The van der Waals surface area contributed by atoms with Gasteiger partial charge in [-0.25, -0.2) is 13.4 Å². The van der Waals surface area contributed by atoms with Crippen molar-refractivity contribution >= 4 is 48.4 Å². The SMILES string of the molecule is CC1=CC[C@H](C(=O)[O-])[C@@H](C(=O)Nc2nc3ccc(S(C)(=O)=O)cc3s2)C1. The van der Waals surface area contributed by atoms with Crippen molar-refractivity contribution in [1.82, 2.24) is 4.98 Å². The van der Waals surface area contributed by atoms with E-state index in [0.717, 1.165) is 23.2 Å². The maximum atomic E-state index is 12.6. The molecule has 7 nitrogen and oxygen atoms in total. The summed E-state index contributed by atoms with van der Waals surface area (Å²) in [6, 6.07) is 4.55. The Morgan fingerprint density at radius 1 is 1.31 bits per heavy atom. The Morgan fingerprint density at radius 3 is 2.69 bits per heavy atom. The number of rotatable bonds is 4. The highest BCUT2D eigenvalue weighted by atomic mass is 32.2. The van der Waals surface area contributed by atoms with Gasteiger partial charge in [-0.3, -0.25) is 4.79 Å². The average Bonchev–Trinajstić information content (AvgIpc) is 2.94. The molecule has 0 spiro atoms. The van der Waals surface area contributed by atoms with Crippen LogP contribution in [0.3, 0.4) is 0 Å². The third-order valence-electron chi connectivity index (χ3n) is 4.41. The molecule has 1 aromatic heterocycles. The number of allylic oxidation sites excluding steroid dienone is 2. The van der Waals surface area contributed by atoms with E-state index in [-0.39, 0.29) is 11.3 Å². The number of amides is 1. The highest BCUT2D eigenvalue weighted by Crippen LogP contribution is 2.32. The van der Waals surface area contributed by atoms with Crippen LogP contribution in [0.15, 0.2) is 34.7 Å². The highest BCUT2D eigenvalue weighted by Gasteiger charge is 2.32. The lowest BCUT2D eigenvalue weighted by molar-refractivity contribution is -0.313. The van der Waals surface area contributed by atoms with Crippen LogP contribution >= 0.6 is 11.3 Å². The van der Waals surface area contributed by atoms with Crippen molar-refractivity contribution in [3.8, 4) is 0 Å². The predicted octanol–water partition coefficient (Wildman–Crippen LogP) is 1.36. The van der Waals surface area contributed by atoms with Gasteiger partial charge in [-0.05, 0) is 38.0 Å². The lowest BCUT2D eigenvalue weighted by Gasteiger charge is -2.29. The molecule has 0 unspecified atom stereocenters. The quantitative estimate of drug-likeness (QED) is 0.784. The first-order chi connectivity index (χ1) is 12.1. The minimum atomic E-state index is -3.34. The molecule has 0 radical (unpaired) electrons. The van der Waals surface area contributed by atoms with Crippen molar-refractivity contribution < 1.29 is 23.1 Å². The molecule has 0 bridgehead atoms. The summed E-state index contributed by atoms with van der Waals surface area (Å²) in [5, 5.41) is 14.3. The van der Waals surface area contributed by atoms with E-state index in [1.165, 1.54) is 12.1 Å². The lowest BCUT2D eigenvalue weighted by Crippen LogP contribution is -2.42. The van der Waals surface area contributed by atoms with Crippen LogP contribution in [-0.2, 0) is 19.4 Å². The monoisotopic (exact) mass is 393 g/mol. The normalized spacial score (nSPS) is 20.6. The zero-order valence-electron chi connectivity index (χ0n) is 14.2. The summed E-state index contributed by atoms with van der Waals surface area (Å²) in [6.45, 7) is 1.86. The van der Waals surface area contributed by atoms with Crippen LogP contribution in [0.5, 0.6) is 0 Å². The maximum absolute atomic E-state index is 12.6. The Labute approximate surface area is 154 Å². The zero-order valence-corrected chi connectivity index (χ0v) is 15.8. The van der Waals surface area contributed by atoms with Crippen molar-refractivity contribution in [2.75, 3.05) is 11.6 Å². The standard InChI is InChI=1S/C17H18N2O5S2/c1-9-3-5-11(16(21)22)12(7-9)15(20)19-17-18-13-6-4-10(26(2,23)24)8-14(13)25-17/h3-4,6,8,11-12H,5,7H2,1-2H3,(H,21,22)(H,18,19,20)/p-1/t11-,12-/m0/s1. The number of sulfone groups is 1. The van der Waals surface area contributed by atoms with E-state index < -0.39 is 33.5 Å². The van der Waals surface area contributed by atoms with Crippen LogP contribution in [0.1, 0.15) is 19.8 Å². The molecule has 1 amide bonds. The van der Waals surface area contributed by atoms with Gasteiger partial charge in [0.15, 0.2) is 15.0 Å². The second-order valence-corrected chi connectivity index (χ2v) is 9.48. The molecule has 138 valence electrons. The minimum absolute atomic E-state index is 0.177. The van der Waals surface area contributed by atoms with E-state index in [9.17, 15) is 23.1 Å². The number of aliphatic carboxylic acids is 1. The second kappa shape index (κ2) is 6.81. The lowest BCUT2D eigenvalue weighted by atomic mass is 9.79. The number of carboxylic acids is 1. The Morgan fingerprint density at radius 2 is 2.04 bits per heavy atom. The average molecular weight is 393 g/mol. The number of anilines is 1. The summed E-state index contributed by atoms with van der Waals surface area (Å²) < 4.78 is 23.9. The van der Waals surface area contributed by atoms with Crippen molar-refractivity contribution in [2.45, 2.75) is 24.7 Å². The van der Waals surface area contributed by atoms with Crippen molar-refractivity contribution in [1.29, 1.82) is 0 Å². The number of thiazole rings is 1. The molecule has 0 saturated carbocycles. The molecule has 1 aliphatic rings. The van der Waals surface area contributed by atoms with Crippen LogP contribution < -0.4 is 10.4 Å². The fraction of sp³-hybridized carbons (Fsp3) is 0.353. The van der Waals surface area contributed by atoms with E-state index in [2.05, 4.69) is 10.3 Å². The number of carbonyl (C=O) groups excluding carboxylic acids is 2. The van der Waals surface area contributed by atoms with Gasteiger partial charge in [0.1, 0.15) is 0 Å². The topological polar surface area (TPSA) is 116 Å². The van der Waals surface area contributed by atoms with Crippen LogP contribution in [0.4, 0.5) is 5.13 Å². The van der Waals surface area contributed by atoms with Gasteiger partial charge in [-0.1, -0.05) is 23.0 Å². The molecule has 0 aliphatic heterocycles. The minimum Gasteiger partial charge on any atom is -0.550 e.